The van der Waals surface area contributed by atoms with Gasteiger partial charge in [0.2, 0.25) is 0 Å². The van der Waals surface area contributed by atoms with E-state index in [0.29, 0.717) is 5.54 Å². The number of hydrogen-bond donors (Lipinski definition) is 1. The van der Waals surface area contributed by atoms with Crippen molar-refractivity contribution in [2.45, 2.75) is 70.3 Å². The normalized spacial score (nSPS) is 27.3. The molecule has 1 rings (SSSR count). The summed E-state index contributed by atoms with van der Waals surface area (Å²) in [5.74, 6) is 0. The van der Waals surface area contributed by atoms with Crippen molar-refractivity contribution in [1.82, 2.24) is 5.32 Å². The van der Waals surface area contributed by atoms with Gasteiger partial charge in [0.1, 0.15) is 0 Å². The lowest BCUT2D eigenvalue weighted by atomic mass is 9.84. The van der Waals surface area contributed by atoms with E-state index >= 15 is 0 Å². The molecule has 0 aromatic heterocycles. The molecule has 1 atom stereocenters. The average molecular weight is 209 g/mol. The first-order chi connectivity index (χ1) is 7.33. The van der Waals surface area contributed by atoms with Crippen LogP contribution in [0, 0.1) is 0 Å². The standard InChI is InChI=1S/C14H27N/c1-3-5-7-11-14(10-4-2)12-8-6-9-13-15-14/h3,15H,1,4-13H2,2H3. The lowest BCUT2D eigenvalue weighted by Gasteiger charge is -2.34. The molecule has 0 amide bonds. The zero-order valence-corrected chi connectivity index (χ0v) is 10.4. The van der Waals surface area contributed by atoms with Crippen LogP contribution < -0.4 is 5.32 Å². The van der Waals surface area contributed by atoms with E-state index in [9.17, 15) is 0 Å². The van der Waals surface area contributed by atoms with E-state index < -0.39 is 0 Å². The second kappa shape index (κ2) is 7.05. The number of rotatable bonds is 6. The molecule has 1 heteroatoms. The molecule has 15 heavy (non-hydrogen) atoms. The van der Waals surface area contributed by atoms with Crippen LogP contribution in [0.15, 0.2) is 12.7 Å². The van der Waals surface area contributed by atoms with Crippen LogP contribution >= 0.6 is 0 Å². The van der Waals surface area contributed by atoms with Crippen molar-refractivity contribution in [3.05, 3.63) is 12.7 Å². The third-order valence-electron chi connectivity index (χ3n) is 3.62. The monoisotopic (exact) mass is 209 g/mol. The Morgan fingerprint density at radius 1 is 1.27 bits per heavy atom. The molecule has 1 aliphatic heterocycles. The highest BCUT2D eigenvalue weighted by atomic mass is 15.0. The zero-order chi connectivity index (χ0) is 11.0. The topological polar surface area (TPSA) is 12.0 Å². The molecule has 1 nitrogen and oxygen atoms in total. The van der Waals surface area contributed by atoms with Crippen LogP contribution in [0.5, 0.6) is 0 Å². The molecular formula is C14H27N. The Balaban J connectivity index is 2.45. The van der Waals surface area contributed by atoms with Crippen molar-refractivity contribution in [2.24, 2.45) is 0 Å². The van der Waals surface area contributed by atoms with Crippen LogP contribution in [-0.4, -0.2) is 12.1 Å². The smallest absolute Gasteiger partial charge is 0.0181 e. The third kappa shape index (κ3) is 4.38. The number of allylic oxidation sites excluding steroid dienone is 1. The minimum absolute atomic E-state index is 0.467. The quantitative estimate of drug-likeness (QED) is 0.514. The van der Waals surface area contributed by atoms with E-state index in [1.165, 1.54) is 64.3 Å². The zero-order valence-electron chi connectivity index (χ0n) is 10.4. The summed E-state index contributed by atoms with van der Waals surface area (Å²) in [5.41, 5.74) is 0.467. The molecule has 0 radical (unpaired) electrons. The van der Waals surface area contributed by atoms with Crippen LogP contribution in [0.25, 0.3) is 0 Å². The predicted molar refractivity (Wildman–Crippen MR) is 68.2 cm³/mol. The Bertz CT molecular complexity index is 166. The summed E-state index contributed by atoms with van der Waals surface area (Å²) >= 11 is 0. The molecule has 1 N–H and O–H groups in total. The molecule has 0 aromatic carbocycles. The molecule has 0 bridgehead atoms. The van der Waals surface area contributed by atoms with Gasteiger partial charge in [-0.1, -0.05) is 32.3 Å². The van der Waals surface area contributed by atoms with Gasteiger partial charge in [0.05, 0.1) is 0 Å². The van der Waals surface area contributed by atoms with Gasteiger partial charge >= 0.3 is 0 Å². The van der Waals surface area contributed by atoms with Crippen LogP contribution in [0.2, 0.25) is 0 Å². The van der Waals surface area contributed by atoms with Gasteiger partial charge < -0.3 is 5.32 Å². The highest BCUT2D eigenvalue weighted by Gasteiger charge is 2.28. The molecule has 88 valence electrons. The van der Waals surface area contributed by atoms with E-state index in [-0.39, 0.29) is 0 Å². The second-order valence-corrected chi connectivity index (χ2v) is 4.95. The Morgan fingerprint density at radius 3 is 2.87 bits per heavy atom. The summed E-state index contributed by atoms with van der Waals surface area (Å²) in [6, 6.07) is 0. The SMILES string of the molecule is C=CCCCC1(CCC)CCCCCN1. The summed E-state index contributed by atoms with van der Waals surface area (Å²) in [6.07, 6.45) is 14.1. The fraction of sp³-hybridized carbons (Fsp3) is 0.857. The maximum absolute atomic E-state index is 3.82. The first-order valence-electron chi connectivity index (χ1n) is 6.69. The van der Waals surface area contributed by atoms with Gasteiger partial charge in [-0.2, -0.15) is 0 Å². The Morgan fingerprint density at radius 2 is 2.13 bits per heavy atom. The number of nitrogens with one attached hydrogen (secondary N) is 1. The van der Waals surface area contributed by atoms with E-state index in [4.69, 9.17) is 0 Å². The lowest BCUT2D eigenvalue weighted by molar-refractivity contribution is 0.265. The molecule has 0 spiro atoms. The van der Waals surface area contributed by atoms with E-state index in [2.05, 4.69) is 24.9 Å². The molecular weight excluding hydrogens is 182 g/mol. The fourth-order valence-corrected chi connectivity index (χ4v) is 2.82. The van der Waals surface area contributed by atoms with Crippen molar-refractivity contribution < 1.29 is 0 Å². The van der Waals surface area contributed by atoms with Crippen LogP contribution in [0.3, 0.4) is 0 Å². The average Bonchev–Trinajstić information content (AvgIpc) is 2.45. The highest BCUT2D eigenvalue weighted by Crippen LogP contribution is 2.29. The fourth-order valence-electron chi connectivity index (χ4n) is 2.82. The Labute approximate surface area is 95.3 Å². The van der Waals surface area contributed by atoms with Gasteiger partial charge in [0, 0.05) is 5.54 Å². The summed E-state index contributed by atoms with van der Waals surface area (Å²) < 4.78 is 0. The summed E-state index contributed by atoms with van der Waals surface area (Å²) in [7, 11) is 0. The van der Waals surface area contributed by atoms with Crippen molar-refractivity contribution >= 4 is 0 Å². The minimum Gasteiger partial charge on any atom is -0.311 e. The van der Waals surface area contributed by atoms with Crippen molar-refractivity contribution in [3.8, 4) is 0 Å². The molecule has 0 saturated carbocycles. The van der Waals surface area contributed by atoms with Crippen LogP contribution in [0.4, 0.5) is 0 Å². The van der Waals surface area contributed by atoms with Crippen molar-refractivity contribution in [3.63, 3.8) is 0 Å². The molecule has 0 aliphatic carbocycles. The lowest BCUT2D eigenvalue weighted by Crippen LogP contribution is -2.44. The van der Waals surface area contributed by atoms with E-state index in [1.807, 2.05) is 0 Å². The Kier molecular flexibility index (Phi) is 6.00. The Hall–Kier alpha value is -0.300. The number of hydrogen-bond acceptors (Lipinski definition) is 1. The first kappa shape index (κ1) is 12.8. The second-order valence-electron chi connectivity index (χ2n) is 4.95. The van der Waals surface area contributed by atoms with Crippen molar-refractivity contribution in [2.75, 3.05) is 6.54 Å². The van der Waals surface area contributed by atoms with Crippen molar-refractivity contribution in [1.29, 1.82) is 0 Å². The van der Waals surface area contributed by atoms with Crippen LogP contribution in [0.1, 0.15) is 64.7 Å². The minimum atomic E-state index is 0.467. The van der Waals surface area contributed by atoms with Gasteiger partial charge in [-0.15, -0.1) is 6.58 Å². The third-order valence-corrected chi connectivity index (χ3v) is 3.62. The highest BCUT2D eigenvalue weighted by molar-refractivity contribution is 4.89. The first-order valence-corrected chi connectivity index (χ1v) is 6.69. The molecule has 1 aliphatic rings. The summed E-state index contributed by atoms with van der Waals surface area (Å²) in [4.78, 5) is 0. The van der Waals surface area contributed by atoms with Gasteiger partial charge in [0.25, 0.3) is 0 Å². The molecule has 0 aromatic rings. The van der Waals surface area contributed by atoms with Crippen LogP contribution in [-0.2, 0) is 0 Å². The van der Waals surface area contributed by atoms with Gasteiger partial charge in [0.15, 0.2) is 0 Å². The largest absolute Gasteiger partial charge is 0.311 e. The maximum atomic E-state index is 3.82. The molecule has 1 saturated heterocycles. The molecule has 1 fully saturated rings. The molecule has 1 heterocycles. The van der Waals surface area contributed by atoms with Gasteiger partial charge in [-0.3, -0.25) is 0 Å². The number of unbranched alkanes of at least 4 members (excludes halogenated alkanes) is 1. The van der Waals surface area contributed by atoms with E-state index in [1.54, 1.807) is 0 Å². The van der Waals surface area contributed by atoms with Gasteiger partial charge in [-0.05, 0) is 45.1 Å². The summed E-state index contributed by atoms with van der Waals surface area (Å²) in [5, 5.41) is 3.82. The van der Waals surface area contributed by atoms with Gasteiger partial charge in [-0.25, -0.2) is 0 Å². The van der Waals surface area contributed by atoms with E-state index in [0.717, 1.165) is 0 Å². The maximum Gasteiger partial charge on any atom is 0.0181 e. The summed E-state index contributed by atoms with van der Waals surface area (Å²) in [6.45, 7) is 7.35. The molecule has 1 unspecified atom stereocenters. The predicted octanol–water partition coefficient (Wildman–Crippen LogP) is 4.05.